The molecule has 1 aromatic heterocycles. The third-order valence-corrected chi connectivity index (χ3v) is 2.80. The molecule has 0 unspecified atom stereocenters. The zero-order chi connectivity index (χ0) is 16.0. The summed E-state index contributed by atoms with van der Waals surface area (Å²) in [6.45, 7) is 5.68. The van der Waals surface area contributed by atoms with E-state index in [1.165, 1.54) is 18.2 Å². The first kappa shape index (κ1) is 16.7. The van der Waals surface area contributed by atoms with E-state index in [1.54, 1.807) is 12.1 Å². The van der Waals surface area contributed by atoms with Crippen molar-refractivity contribution in [1.29, 1.82) is 0 Å². The molecule has 0 aliphatic carbocycles. The number of methoxy groups -OCH3 is 1. The number of carbonyl (C=O) groups excluding carboxylic acids is 1. The zero-order valence-electron chi connectivity index (χ0n) is 12.7. The van der Waals surface area contributed by atoms with E-state index in [4.69, 9.17) is 9.84 Å². The Morgan fingerprint density at radius 1 is 1.38 bits per heavy atom. The molecule has 7 nitrogen and oxygen atoms in total. The van der Waals surface area contributed by atoms with Crippen LogP contribution in [-0.4, -0.2) is 46.2 Å². The molecule has 0 fully saturated rings. The number of hydrogen-bond acceptors (Lipinski definition) is 4. The Kier molecular flexibility index (Phi) is 5.52. The number of aliphatic carboxylic acids is 1. The van der Waals surface area contributed by atoms with Gasteiger partial charge in [0.15, 0.2) is 0 Å². The number of hydrogen-bond donors (Lipinski definition) is 2. The van der Waals surface area contributed by atoms with Crippen LogP contribution < -0.4 is 10.1 Å². The smallest absolute Gasteiger partial charge is 0.322 e. The summed E-state index contributed by atoms with van der Waals surface area (Å²) in [7, 11) is 1.51. The van der Waals surface area contributed by atoms with Gasteiger partial charge < -0.3 is 20.1 Å². The molecule has 0 bridgehead atoms. The van der Waals surface area contributed by atoms with Crippen molar-refractivity contribution < 1.29 is 19.4 Å². The number of aromatic nitrogens is 1. The van der Waals surface area contributed by atoms with Crippen LogP contribution in [0.1, 0.15) is 27.2 Å². The highest BCUT2D eigenvalue weighted by Crippen LogP contribution is 2.17. The lowest BCUT2D eigenvalue weighted by Crippen LogP contribution is -2.48. The largest absolute Gasteiger partial charge is 0.481 e. The quantitative estimate of drug-likeness (QED) is 0.868. The normalized spacial score (nSPS) is 10.9. The van der Waals surface area contributed by atoms with Crippen LogP contribution in [0.5, 0.6) is 5.88 Å². The molecule has 116 valence electrons. The van der Waals surface area contributed by atoms with Crippen molar-refractivity contribution in [1.82, 2.24) is 9.88 Å². The Morgan fingerprint density at radius 2 is 2.05 bits per heavy atom. The van der Waals surface area contributed by atoms with Gasteiger partial charge in [-0.25, -0.2) is 9.78 Å². The Balaban J connectivity index is 2.77. The molecule has 0 radical (unpaired) electrons. The molecular formula is C14H21N3O4. The molecular weight excluding hydrogens is 274 g/mol. The van der Waals surface area contributed by atoms with Gasteiger partial charge in [0, 0.05) is 18.2 Å². The van der Waals surface area contributed by atoms with Crippen LogP contribution in [0, 0.1) is 0 Å². The van der Waals surface area contributed by atoms with Gasteiger partial charge in [-0.15, -0.1) is 0 Å². The summed E-state index contributed by atoms with van der Waals surface area (Å²) in [5.41, 5.74) is 0.0322. The van der Waals surface area contributed by atoms with Gasteiger partial charge in [0.2, 0.25) is 5.88 Å². The van der Waals surface area contributed by atoms with Crippen LogP contribution in [0.15, 0.2) is 18.3 Å². The lowest BCUT2D eigenvalue weighted by atomic mass is 10.1. The molecule has 0 aliphatic heterocycles. The zero-order valence-corrected chi connectivity index (χ0v) is 12.7. The maximum Gasteiger partial charge on any atom is 0.322 e. The Hall–Kier alpha value is -2.31. The molecule has 0 aliphatic rings. The average molecular weight is 295 g/mol. The summed E-state index contributed by atoms with van der Waals surface area (Å²) in [5, 5.41) is 11.5. The van der Waals surface area contributed by atoms with Crippen LogP contribution in [-0.2, 0) is 4.79 Å². The molecule has 21 heavy (non-hydrogen) atoms. The third-order valence-electron chi connectivity index (χ3n) is 2.80. The van der Waals surface area contributed by atoms with Gasteiger partial charge in [0.1, 0.15) is 0 Å². The molecule has 0 saturated heterocycles. The predicted octanol–water partition coefficient (Wildman–Crippen LogP) is 2.20. The van der Waals surface area contributed by atoms with E-state index in [-0.39, 0.29) is 19.0 Å². The molecule has 1 aromatic rings. The van der Waals surface area contributed by atoms with Crippen molar-refractivity contribution in [2.75, 3.05) is 19.0 Å². The number of pyridine rings is 1. The van der Waals surface area contributed by atoms with Gasteiger partial charge in [-0.2, -0.15) is 0 Å². The highest BCUT2D eigenvalue weighted by atomic mass is 16.5. The minimum Gasteiger partial charge on any atom is -0.481 e. The van der Waals surface area contributed by atoms with Crippen molar-refractivity contribution in [2.24, 2.45) is 0 Å². The molecule has 7 heteroatoms. The van der Waals surface area contributed by atoms with Gasteiger partial charge in [-0.1, -0.05) is 0 Å². The van der Waals surface area contributed by atoms with E-state index in [0.717, 1.165) is 0 Å². The summed E-state index contributed by atoms with van der Waals surface area (Å²) < 4.78 is 4.94. The highest BCUT2D eigenvalue weighted by Gasteiger charge is 2.26. The molecule has 0 atom stereocenters. The second-order valence-corrected chi connectivity index (χ2v) is 5.49. The number of carbonyl (C=O) groups is 2. The predicted molar refractivity (Wildman–Crippen MR) is 78.5 cm³/mol. The van der Waals surface area contributed by atoms with Gasteiger partial charge in [-0.3, -0.25) is 4.79 Å². The minimum atomic E-state index is -0.942. The first-order chi connectivity index (χ1) is 9.74. The van der Waals surface area contributed by atoms with E-state index in [0.29, 0.717) is 11.6 Å². The molecule has 1 rings (SSSR count). The van der Waals surface area contributed by atoms with Gasteiger partial charge >= 0.3 is 12.0 Å². The van der Waals surface area contributed by atoms with E-state index in [1.807, 2.05) is 20.8 Å². The fourth-order valence-electron chi connectivity index (χ4n) is 1.71. The third kappa shape index (κ3) is 5.29. The number of anilines is 1. The highest BCUT2D eigenvalue weighted by molar-refractivity contribution is 5.89. The van der Waals surface area contributed by atoms with Crippen LogP contribution in [0.25, 0.3) is 0 Å². The number of nitrogens with zero attached hydrogens (tertiary/aromatic N) is 2. The monoisotopic (exact) mass is 295 g/mol. The van der Waals surface area contributed by atoms with Crippen LogP contribution in [0.3, 0.4) is 0 Å². The average Bonchev–Trinajstić information content (AvgIpc) is 2.37. The molecule has 2 amide bonds. The topological polar surface area (TPSA) is 91.8 Å². The van der Waals surface area contributed by atoms with Crippen molar-refractivity contribution in [3.05, 3.63) is 18.3 Å². The van der Waals surface area contributed by atoms with Gasteiger partial charge in [-0.05, 0) is 26.8 Å². The maximum absolute atomic E-state index is 12.3. The molecule has 2 N–H and O–H groups in total. The minimum absolute atomic E-state index is 0.106. The number of urea groups is 1. The Morgan fingerprint density at radius 3 is 2.48 bits per heavy atom. The van der Waals surface area contributed by atoms with Crippen LogP contribution in [0.4, 0.5) is 10.5 Å². The van der Waals surface area contributed by atoms with Crippen molar-refractivity contribution in [3.63, 3.8) is 0 Å². The fourth-order valence-corrected chi connectivity index (χ4v) is 1.71. The summed E-state index contributed by atoms with van der Waals surface area (Å²) in [6.07, 6.45) is 1.38. The standard InChI is InChI=1S/C14H21N3O4/c1-14(2,3)17(8-7-12(18)19)13(20)16-10-5-6-11(21-4)15-9-10/h5-6,9H,7-8H2,1-4H3,(H,16,20)(H,18,19). The summed E-state index contributed by atoms with van der Waals surface area (Å²) >= 11 is 0. The first-order valence-electron chi connectivity index (χ1n) is 6.54. The van der Waals surface area contributed by atoms with Crippen LogP contribution in [0.2, 0.25) is 0 Å². The lowest BCUT2D eigenvalue weighted by Gasteiger charge is -2.35. The van der Waals surface area contributed by atoms with Gasteiger partial charge in [0.05, 0.1) is 25.4 Å². The summed E-state index contributed by atoms with van der Waals surface area (Å²) in [4.78, 5) is 28.5. The van der Waals surface area contributed by atoms with E-state index in [9.17, 15) is 9.59 Å². The molecule has 1 heterocycles. The Bertz CT molecular complexity index is 494. The SMILES string of the molecule is COc1ccc(NC(=O)N(CCC(=O)O)C(C)(C)C)cn1. The van der Waals surface area contributed by atoms with Crippen molar-refractivity contribution in [2.45, 2.75) is 32.7 Å². The number of nitrogens with one attached hydrogen (secondary N) is 1. The second-order valence-electron chi connectivity index (χ2n) is 5.49. The van der Waals surface area contributed by atoms with Crippen LogP contribution >= 0.6 is 0 Å². The molecule has 0 aromatic carbocycles. The number of carboxylic acid groups (broad SMARTS) is 1. The number of ether oxygens (including phenoxy) is 1. The van der Waals surface area contributed by atoms with E-state index < -0.39 is 11.5 Å². The van der Waals surface area contributed by atoms with Crippen molar-refractivity contribution >= 4 is 17.7 Å². The fraction of sp³-hybridized carbons (Fsp3) is 0.500. The number of carboxylic acids is 1. The summed E-state index contributed by atoms with van der Waals surface area (Å²) in [6, 6.07) is 2.94. The number of amides is 2. The van der Waals surface area contributed by atoms with Crippen molar-refractivity contribution in [3.8, 4) is 5.88 Å². The lowest BCUT2D eigenvalue weighted by molar-refractivity contribution is -0.137. The summed E-state index contributed by atoms with van der Waals surface area (Å²) in [5.74, 6) is -0.491. The molecule has 0 saturated carbocycles. The first-order valence-corrected chi connectivity index (χ1v) is 6.54. The second kappa shape index (κ2) is 6.92. The Labute approximate surface area is 123 Å². The van der Waals surface area contributed by atoms with E-state index in [2.05, 4.69) is 10.3 Å². The molecule has 0 spiro atoms. The van der Waals surface area contributed by atoms with E-state index >= 15 is 0 Å². The maximum atomic E-state index is 12.3. The van der Waals surface area contributed by atoms with Gasteiger partial charge in [0.25, 0.3) is 0 Å². The number of rotatable bonds is 5.